The number of amides is 4. The van der Waals surface area contributed by atoms with Gasteiger partial charge in [-0.15, -0.1) is 0 Å². The Morgan fingerprint density at radius 1 is 0.857 bits per heavy atom. The van der Waals surface area contributed by atoms with Crippen molar-refractivity contribution in [1.82, 2.24) is 10.6 Å². The molecule has 0 unspecified atom stereocenters. The van der Waals surface area contributed by atoms with Gasteiger partial charge in [0.25, 0.3) is 0 Å². The molecule has 4 amide bonds. The molecule has 0 saturated carbocycles. The first-order chi connectivity index (χ1) is 20.0. The van der Waals surface area contributed by atoms with Crippen molar-refractivity contribution in [2.24, 2.45) is 0 Å². The molecule has 0 atom stereocenters. The molecule has 3 aromatic carbocycles. The third-order valence-corrected chi connectivity index (χ3v) is 6.77. The molecule has 0 aliphatic carbocycles. The van der Waals surface area contributed by atoms with Crippen molar-refractivity contribution >= 4 is 56.1 Å². The van der Waals surface area contributed by atoms with E-state index < -0.39 is 12.1 Å². The lowest BCUT2D eigenvalue weighted by Crippen LogP contribution is -3.00. The molecular formula is C31H33BrClN5O4. The van der Waals surface area contributed by atoms with Crippen molar-refractivity contribution in [2.75, 3.05) is 36.5 Å². The molecule has 220 valence electrons. The second kappa shape index (κ2) is 17.0. The van der Waals surface area contributed by atoms with E-state index in [0.29, 0.717) is 25.1 Å². The summed E-state index contributed by atoms with van der Waals surface area (Å²) in [6, 6.07) is 26.3. The summed E-state index contributed by atoms with van der Waals surface area (Å²) < 4.78 is 8.11. The van der Waals surface area contributed by atoms with Crippen LogP contribution in [-0.2, 0) is 16.1 Å². The van der Waals surface area contributed by atoms with E-state index in [9.17, 15) is 14.4 Å². The number of fused-ring (bicyclic) bond motifs is 1. The van der Waals surface area contributed by atoms with Gasteiger partial charge in [-0.05, 0) is 29.7 Å². The molecule has 4 aromatic rings. The normalized spacial score (nSPS) is 10.3. The highest BCUT2D eigenvalue weighted by Gasteiger charge is 2.17. The standard InChI is InChI=1S/C31H32BrN5O4.ClH/c32-25-11-7-12-26(23-25)37(29(38)15-8-20-36-18-4-1-5-19-36)21-16-33-30(39)34-17-22-41-31(40)35-28-14-6-10-24-9-2-3-13-27(24)28;/h1-7,9-14,18-19,23H,8,15-17,20-22H2,(H2-,33,34,35,39,40);1H. The largest absolute Gasteiger partial charge is 1.00 e. The molecular weight excluding hydrogens is 622 g/mol. The van der Waals surface area contributed by atoms with E-state index in [1.807, 2.05) is 95.8 Å². The average molecular weight is 655 g/mol. The lowest BCUT2D eigenvalue weighted by Gasteiger charge is -2.23. The van der Waals surface area contributed by atoms with Crippen molar-refractivity contribution in [3.8, 4) is 0 Å². The smallest absolute Gasteiger partial charge is 0.411 e. The van der Waals surface area contributed by atoms with Crippen molar-refractivity contribution in [3.63, 3.8) is 0 Å². The number of anilines is 2. The minimum Gasteiger partial charge on any atom is -1.00 e. The lowest BCUT2D eigenvalue weighted by molar-refractivity contribution is -0.697. The quantitative estimate of drug-likeness (QED) is 0.161. The number of nitrogens with one attached hydrogen (secondary N) is 3. The van der Waals surface area contributed by atoms with E-state index in [1.54, 1.807) is 11.0 Å². The molecule has 4 rings (SSSR count). The van der Waals surface area contributed by atoms with E-state index in [-0.39, 0.29) is 38.0 Å². The van der Waals surface area contributed by atoms with Crippen LogP contribution in [0.2, 0.25) is 0 Å². The molecule has 0 bridgehead atoms. The summed E-state index contributed by atoms with van der Waals surface area (Å²) in [4.78, 5) is 39.3. The zero-order valence-electron chi connectivity index (χ0n) is 23.0. The molecule has 0 radical (unpaired) electrons. The Bertz CT molecular complexity index is 1470. The van der Waals surface area contributed by atoms with Crippen LogP contribution in [0.25, 0.3) is 10.8 Å². The van der Waals surface area contributed by atoms with Gasteiger partial charge in [0.15, 0.2) is 12.4 Å². The molecule has 9 nitrogen and oxygen atoms in total. The molecule has 11 heteroatoms. The topological polar surface area (TPSA) is 104 Å². The summed E-state index contributed by atoms with van der Waals surface area (Å²) in [5, 5.41) is 10.1. The second-order valence-electron chi connectivity index (χ2n) is 9.21. The molecule has 0 aliphatic heterocycles. The van der Waals surface area contributed by atoms with Crippen LogP contribution < -0.4 is 37.8 Å². The second-order valence-corrected chi connectivity index (χ2v) is 10.1. The number of nitrogens with zero attached hydrogens (tertiary/aromatic N) is 2. The zero-order valence-corrected chi connectivity index (χ0v) is 25.3. The number of halogens is 2. The van der Waals surface area contributed by atoms with Gasteiger partial charge in [0.1, 0.15) is 13.2 Å². The maximum atomic E-state index is 13.1. The van der Waals surface area contributed by atoms with Crippen LogP contribution in [0.3, 0.4) is 0 Å². The van der Waals surface area contributed by atoms with Crippen molar-refractivity contribution in [2.45, 2.75) is 19.4 Å². The van der Waals surface area contributed by atoms with Crippen LogP contribution in [0.15, 0.2) is 102 Å². The molecule has 1 aromatic heterocycles. The summed E-state index contributed by atoms with van der Waals surface area (Å²) >= 11 is 3.47. The van der Waals surface area contributed by atoms with Crippen molar-refractivity contribution in [3.05, 3.63) is 102 Å². The monoisotopic (exact) mass is 653 g/mol. The predicted octanol–water partition coefficient (Wildman–Crippen LogP) is 2.26. The van der Waals surface area contributed by atoms with E-state index >= 15 is 0 Å². The van der Waals surface area contributed by atoms with Gasteiger partial charge in [-0.3, -0.25) is 10.1 Å². The Balaban J connectivity index is 0.00000484. The fourth-order valence-corrected chi connectivity index (χ4v) is 4.69. The molecule has 0 saturated heterocycles. The summed E-state index contributed by atoms with van der Waals surface area (Å²) in [7, 11) is 0. The van der Waals surface area contributed by atoms with Crippen LogP contribution in [0.5, 0.6) is 0 Å². The van der Waals surface area contributed by atoms with Crippen LogP contribution in [-0.4, -0.2) is 44.3 Å². The molecule has 42 heavy (non-hydrogen) atoms. The fraction of sp³-hybridized carbons (Fsp3) is 0.226. The van der Waals surface area contributed by atoms with E-state index in [0.717, 1.165) is 27.5 Å². The van der Waals surface area contributed by atoms with Gasteiger partial charge in [0, 0.05) is 53.6 Å². The van der Waals surface area contributed by atoms with Crippen LogP contribution in [0, 0.1) is 0 Å². The lowest BCUT2D eigenvalue weighted by atomic mass is 10.1. The Morgan fingerprint density at radius 3 is 2.40 bits per heavy atom. The summed E-state index contributed by atoms with van der Waals surface area (Å²) in [5.74, 6) is -0.0209. The first kappa shape index (κ1) is 32.4. The van der Waals surface area contributed by atoms with Gasteiger partial charge < -0.3 is 32.7 Å². The minimum atomic E-state index is -0.600. The number of urea groups is 1. The fourth-order valence-electron chi connectivity index (χ4n) is 4.31. The first-order valence-electron chi connectivity index (χ1n) is 13.4. The number of hydrogen-bond donors (Lipinski definition) is 3. The number of hydrogen-bond acceptors (Lipinski definition) is 4. The SMILES string of the molecule is O=C(NCCOC(=O)Nc1cccc2ccccc12)NCCN(C(=O)CCC[n+]1ccccc1)c1cccc(Br)c1.[Cl-]. The van der Waals surface area contributed by atoms with E-state index in [2.05, 4.69) is 31.9 Å². The number of aromatic nitrogens is 1. The van der Waals surface area contributed by atoms with E-state index in [1.165, 1.54) is 0 Å². The van der Waals surface area contributed by atoms with Gasteiger partial charge in [-0.1, -0.05) is 64.5 Å². The highest BCUT2D eigenvalue weighted by molar-refractivity contribution is 9.10. The van der Waals surface area contributed by atoms with Crippen LogP contribution in [0.4, 0.5) is 21.0 Å². The Labute approximate surface area is 259 Å². The van der Waals surface area contributed by atoms with Gasteiger partial charge in [-0.25, -0.2) is 14.2 Å². The summed E-state index contributed by atoms with van der Waals surface area (Å²) in [6.07, 6.45) is 4.42. The Hall–Kier alpha value is -4.15. The van der Waals surface area contributed by atoms with Gasteiger partial charge in [0.05, 0.1) is 12.2 Å². The zero-order chi connectivity index (χ0) is 28.9. The van der Waals surface area contributed by atoms with Crippen molar-refractivity contribution < 1.29 is 36.1 Å². The van der Waals surface area contributed by atoms with Gasteiger partial charge in [0.2, 0.25) is 5.91 Å². The molecule has 3 N–H and O–H groups in total. The number of carbonyl (C=O) groups is 3. The van der Waals surface area contributed by atoms with Crippen molar-refractivity contribution in [1.29, 1.82) is 0 Å². The highest BCUT2D eigenvalue weighted by atomic mass is 79.9. The third-order valence-electron chi connectivity index (χ3n) is 6.27. The molecule has 1 heterocycles. The maximum absolute atomic E-state index is 13.1. The maximum Gasteiger partial charge on any atom is 0.411 e. The highest BCUT2D eigenvalue weighted by Crippen LogP contribution is 2.23. The van der Waals surface area contributed by atoms with Gasteiger partial charge >= 0.3 is 12.1 Å². The van der Waals surface area contributed by atoms with Crippen LogP contribution >= 0.6 is 15.9 Å². The number of ether oxygens (including phenoxy) is 1. The van der Waals surface area contributed by atoms with Gasteiger partial charge in [-0.2, -0.15) is 0 Å². The Morgan fingerprint density at radius 2 is 1.60 bits per heavy atom. The number of aryl methyl sites for hydroxylation is 1. The Kier molecular flexibility index (Phi) is 13.1. The minimum absolute atomic E-state index is 0. The number of pyridine rings is 1. The predicted molar refractivity (Wildman–Crippen MR) is 163 cm³/mol. The van der Waals surface area contributed by atoms with Crippen LogP contribution in [0.1, 0.15) is 12.8 Å². The van der Waals surface area contributed by atoms with E-state index in [4.69, 9.17) is 4.74 Å². The molecule has 0 aliphatic rings. The summed E-state index contributed by atoms with van der Waals surface area (Å²) in [6.45, 7) is 1.44. The summed E-state index contributed by atoms with van der Waals surface area (Å²) in [5.41, 5.74) is 1.41. The molecule has 0 spiro atoms. The number of carbonyl (C=O) groups excluding carboxylic acids is 3. The number of benzene rings is 3. The molecule has 0 fully saturated rings. The third kappa shape index (κ3) is 10.0. The first-order valence-corrected chi connectivity index (χ1v) is 14.2. The average Bonchev–Trinajstić information content (AvgIpc) is 2.98. The number of rotatable bonds is 12.